The Morgan fingerprint density at radius 1 is 1.14 bits per heavy atom. The summed E-state index contributed by atoms with van der Waals surface area (Å²) in [6.07, 6.45) is 7.90. The van der Waals surface area contributed by atoms with Crippen molar-refractivity contribution in [2.24, 2.45) is 0 Å². The average molecular weight is 406 g/mol. The van der Waals surface area contributed by atoms with Crippen LogP contribution < -0.4 is 5.32 Å². The monoisotopic (exact) mass is 405 g/mol. The largest absolute Gasteiger partial charge is 0.462 e. The molecule has 1 aromatic rings. The first kappa shape index (κ1) is 19.9. The van der Waals surface area contributed by atoms with E-state index >= 15 is 0 Å². The van der Waals surface area contributed by atoms with Gasteiger partial charge >= 0.3 is 5.97 Å². The van der Waals surface area contributed by atoms with Crippen molar-refractivity contribution < 1.29 is 14.3 Å². The third-order valence-electron chi connectivity index (χ3n) is 6.17. The maximum atomic E-state index is 12.8. The highest BCUT2D eigenvalue weighted by Crippen LogP contribution is 2.39. The van der Waals surface area contributed by atoms with Gasteiger partial charge in [-0.2, -0.15) is 0 Å². The van der Waals surface area contributed by atoms with Crippen LogP contribution in [-0.4, -0.2) is 67.0 Å². The Morgan fingerprint density at radius 2 is 1.96 bits per heavy atom. The molecule has 1 aliphatic carbocycles. The minimum Gasteiger partial charge on any atom is -0.462 e. The van der Waals surface area contributed by atoms with Crippen LogP contribution in [0.3, 0.4) is 0 Å². The quantitative estimate of drug-likeness (QED) is 0.707. The number of anilines is 1. The van der Waals surface area contributed by atoms with E-state index in [0.717, 1.165) is 44.3 Å². The molecule has 3 aliphatic rings. The molecule has 1 unspecified atom stereocenters. The van der Waals surface area contributed by atoms with Gasteiger partial charge in [0.05, 0.1) is 18.7 Å². The molecule has 3 heterocycles. The molecule has 1 N–H and O–H groups in total. The number of nitrogens with one attached hydrogen (secondary N) is 1. The number of amides is 1. The lowest BCUT2D eigenvalue weighted by Crippen LogP contribution is -2.42. The minimum absolute atomic E-state index is 0.0150. The van der Waals surface area contributed by atoms with E-state index in [1.54, 1.807) is 11.3 Å². The Hall–Kier alpha value is -1.44. The van der Waals surface area contributed by atoms with E-state index < -0.39 is 0 Å². The van der Waals surface area contributed by atoms with E-state index in [0.29, 0.717) is 29.8 Å². The van der Waals surface area contributed by atoms with Crippen molar-refractivity contribution in [1.82, 2.24) is 9.80 Å². The number of thiophene rings is 1. The Kier molecular flexibility index (Phi) is 6.33. The molecule has 0 aromatic carbocycles. The van der Waals surface area contributed by atoms with Crippen LogP contribution in [0.15, 0.2) is 0 Å². The molecule has 6 nitrogen and oxygen atoms in total. The van der Waals surface area contributed by atoms with Gasteiger partial charge in [0.2, 0.25) is 5.91 Å². The van der Waals surface area contributed by atoms with Crippen molar-refractivity contribution >= 4 is 28.2 Å². The maximum Gasteiger partial charge on any atom is 0.341 e. The van der Waals surface area contributed by atoms with Crippen LogP contribution in [0.4, 0.5) is 5.00 Å². The van der Waals surface area contributed by atoms with Crippen LogP contribution in [-0.2, 0) is 22.4 Å². The van der Waals surface area contributed by atoms with Gasteiger partial charge in [-0.25, -0.2) is 4.79 Å². The first-order valence-electron chi connectivity index (χ1n) is 10.7. The second kappa shape index (κ2) is 8.93. The standard InChI is InChI=1S/C21H31N3O3S/c1-2-27-21(26)19-16-8-5-9-17(16)28-20(19)22-18(25)14-24-12-6-7-15(24)13-23-10-3-4-11-23/h15H,2-14H2,1H3,(H,22,25). The number of rotatable bonds is 7. The fraction of sp³-hybridized carbons (Fsp3) is 0.714. The van der Waals surface area contributed by atoms with Crippen molar-refractivity contribution in [2.45, 2.75) is 57.9 Å². The summed E-state index contributed by atoms with van der Waals surface area (Å²) < 4.78 is 5.26. The lowest BCUT2D eigenvalue weighted by molar-refractivity contribution is -0.117. The van der Waals surface area contributed by atoms with Crippen LogP contribution in [0.2, 0.25) is 0 Å². The Balaban J connectivity index is 1.40. The molecule has 0 spiro atoms. The summed E-state index contributed by atoms with van der Waals surface area (Å²) >= 11 is 1.56. The van der Waals surface area contributed by atoms with E-state index in [2.05, 4.69) is 15.1 Å². The molecule has 1 aromatic heterocycles. The van der Waals surface area contributed by atoms with Gasteiger partial charge in [-0.15, -0.1) is 11.3 Å². The van der Waals surface area contributed by atoms with E-state index in [4.69, 9.17) is 4.74 Å². The van der Waals surface area contributed by atoms with Gasteiger partial charge in [0, 0.05) is 17.5 Å². The van der Waals surface area contributed by atoms with Gasteiger partial charge in [0.1, 0.15) is 5.00 Å². The number of aryl methyl sites for hydroxylation is 1. The number of hydrogen-bond acceptors (Lipinski definition) is 6. The van der Waals surface area contributed by atoms with Crippen molar-refractivity contribution in [3.05, 3.63) is 16.0 Å². The summed E-state index contributed by atoms with van der Waals surface area (Å²) in [5, 5.41) is 3.73. The molecule has 0 bridgehead atoms. The van der Waals surface area contributed by atoms with Crippen molar-refractivity contribution in [2.75, 3.05) is 44.6 Å². The second-order valence-corrected chi connectivity index (χ2v) is 9.21. The predicted molar refractivity (Wildman–Crippen MR) is 111 cm³/mol. The number of ether oxygens (including phenoxy) is 1. The zero-order valence-corrected chi connectivity index (χ0v) is 17.6. The summed E-state index contributed by atoms with van der Waals surface area (Å²) in [5.74, 6) is -0.316. The number of carbonyl (C=O) groups is 2. The Bertz CT molecular complexity index is 727. The summed E-state index contributed by atoms with van der Waals surface area (Å²) in [6, 6.07) is 0.474. The molecule has 2 saturated heterocycles. The lowest BCUT2D eigenvalue weighted by atomic mass is 10.1. The van der Waals surface area contributed by atoms with Gasteiger partial charge in [0.25, 0.3) is 0 Å². The SMILES string of the molecule is CCOC(=O)c1c(NC(=O)CN2CCCC2CN2CCCC2)sc2c1CCC2. The van der Waals surface area contributed by atoms with Crippen LogP contribution in [0.5, 0.6) is 0 Å². The van der Waals surface area contributed by atoms with Crippen LogP contribution >= 0.6 is 11.3 Å². The molecule has 154 valence electrons. The number of hydrogen-bond donors (Lipinski definition) is 1. The third kappa shape index (κ3) is 4.26. The van der Waals surface area contributed by atoms with Crippen LogP contribution in [0, 0.1) is 0 Å². The smallest absolute Gasteiger partial charge is 0.341 e. The van der Waals surface area contributed by atoms with Gasteiger partial charge < -0.3 is 15.0 Å². The first-order valence-corrected chi connectivity index (χ1v) is 11.5. The zero-order valence-electron chi connectivity index (χ0n) is 16.8. The molecule has 2 aliphatic heterocycles. The van der Waals surface area contributed by atoms with E-state index in [-0.39, 0.29) is 11.9 Å². The summed E-state index contributed by atoms with van der Waals surface area (Å²) in [6.45, 7) is 7.02. The van der Waals surface area contributed by atoms with Crippen molar-refractivity contribution in [3.63, 3.8) is 0 Å². The highest BCUT2D eigenvalue weighted by Gasteiger charge is 2.31. The highest BCUT2D eigenvalue weighted by molar-refractivity contribution is 7.17. The molecule has 1 atom stereocenters. The number of likely N-dealkylation sites (tertiary alicyclic amines) is 2. The number of nitrogens with zero attached hydrogens (tertiary/aromatic N) is 2. The average Bonchev–Trinajstić information content (AvgIpc) is 3.42. The molecule has 7 heteroatoms. The van der Waals surface area contributed by atoms with Crippen LogP contribution in [0.1, 0.15) is 59.8 Å². The second-order valence-electron chi connectivity index (χ2n) is 8.10. The molecule has 28 heavy (non-hydrogen) atoms. The van der Waals surface area contributed by atoms with E-state index in [1.807, 2.05) is 6.92 Å². The number of carbonyl (C=O) groups excluding carboxylic acids is 2. The maximum absolute atomic E-state index is 12.8. The molecular formula is C21H31N3O3S. The minimum atomic E-state index is -0.301. The molecule has 2 fully saturated rings. The first-order chi connectivity index (χ1) is 13.7. The topological polar surface area (TPSA) is 61.9 Å². The summed E-state index contributed by atoms with van der Waals surface area (Å²) in [7, 11) is 0. The highest BCUT2D eigenvalue weighted by atomic mass is 32.1. The normalized spacial score (nSPS) is 22.5. The molecular weight excluding hydrogens is 374 g/mol. The predicted octanol–water partition coefficient (Wildman–Crippen LogP) is 2.91. The van der Waals surface area contributed by atoms with Crippen molar-refractivity contribution in [1.29, 1.82) is 0 Å². The summed E-state index contributed by atoms with van der Waals surface area (Å²) in [4.78, 5) is 31.4. The molecule has 0 radical (unpaired) electrons. The van der Waals surface area contributed by atoms with Gasteiger partial charge in [0.15, 0.2) is 0 Å². The van der Waals surface area contributed by atoms with E-state index in [9.17, 15) is 9.59 Å². The number of esters is 1. The van der Waals surface area contributed by atoms with Gasteiger partial charge in [-0.3, -0.25) is 9.69 Å². The summed E-state index contributed by atoms with van der Waals surface area (Å²) in [5.41, 5.74) is 1.69. The molecule has 1 amide bonds. The third-order valence-corrected chi connectivity index (χ3v) is 7.37. The van der Waals surface area contributed by atoms with Crippen molar-refractivity contribution in [3.8, 4) is 0 Å². The lowest BCUT2D eigenvalue weighted by Gasteiger charge is -2.27. The van der Waals surface area contributed by atoms with Gasteiger partial charge in [-0.05, 0) is 77.1 Å². The fourth-order valence-electron chi connectivity index (χ4n) is 4.84. The van der Waals surface area contributed by atoms with E-state index in [1.165, 1.54) is 37.2 Å². The fourth-order valence-corrected chi connectivity index (χ4v) is 6.13. The molecule has 4 rings (SSSR count). The van der Waals surface area contributed by atoms with Crippen LogP contribution in [0.25, 0.3) is 0 Å². The Labute approximate surface area is 171 Å². The zero-order chi connectivity index (χ0) is 19.5. The van der Waals surface area contributed by atoms with Gasteiger partial charge in [-0.1, -0.05) is 0 Å². The molecule has 0 saturated carbocycles. The number of fused-ring (bicyclic) bond motifs is 1. The Morgan fingerprint density at radius 3 is 2.75 bits per heavy atom.